The number of benzene rings is 2. The largest absolute Gasteiger partial charge is 0.454 e. The van der Waals surface area contributed by atoms with Gasteiger partial charge in [-0.3, -0.25) is 0 Å². The van der Waals surface area contributed by atoms with E-state index >= 15 is 0 Å². The number of furan rings is 1. The van der Waals surface area contributed by atoms with Gasteiger partial charge in [0.25, 0.3) is 0 Å². The minimum atomic E-state index is 0.150. The molecule has 0 radical (unpaired) electrons. The lowest BCUT2D eigenvalue weighted by molar-refractivity contribution is 0.486. The number of aryl methyl sites for hydroxylation is 1. The Labute approximate surface area is 138 Å². The summed E-state index contributed by atoms with van der Waals surface area (Å²) in [7, 11) is 0. The first-order chi connectivity index (χ1) is 10.9. The Morgan fingerprint density at radius 3 is 2.48 bits per heavy atom. The highest BCUT2D eigenvalue weighted by Crippen LogP contribution is 2.46. The Balaban J connectivity index is 2.05. The molecule has 0 bridgehead atoms. The molecule has 2 heteroatoms. The summed E-state index contributed by atoms with van der Waals surface area (Å²) in [6.45, 7) is 11.6. The van der Waals surface area contributed by atoms with E-state index in [0.717, 1.165) is 11.2 Å². The molecule has 0 saturated carbocycles. The monoisotopic (exact) mass is 307 g/mol. The third kappa shape index (κ3) is 2.00. The second kappa shape index (κ2) is 4.77. The van der Waals surface area contributed by atoms with Crippen LogP contribution in [-0.2, 0) is 0 Å². The van der Waals surface area contributed by atoms with E-state index < -0.39 is 0 Å². The molecule has 2 atom stereocenters. The lowest BCUT2D eigenvalue weighted by Gasteiger charge is -2.38. The lowest BCUT2D eigenvalue weighted by Crippen LogP contribution is -2.42. The minimum absolute atomic E-state index is 0.150. The van der Waals surface area contributed by atoms with Gasteiger partial charge < -0.3 is 9.32 Å². The molecule has 0 spiro atoms. The van der Waals surface area contributed by atoms with Crippen LogP contribution in [0.5, 0.6) is 0 Å². The van der Waals surface area contributed by atoms with Crippen molar-refractivity contribution in [3.8, 4) is 0 Å². The van der Waals surface area contributed by atoms with Crippen LogP contribution in [0.4, 0.5) is 5.69 Å². The number of nitrogens with zero attached hydrogens (tertiary/aromatic N) is 1. The Kier molecular flexibility index (Phi) is 3.03. The van der Waals surface area contributed by atoms with Crippen LogP contribution < -0.4 is 4.90 Å². The predicted octanol–water partition coefficient (Wildman–Crippen LogP) is 5.91. The molecule has 2 heterocycles. The van der Waals surface area contributed by atoms with Crippen molar-refractivity contribution in [3.63, 3.8) is 0 Å². The average molecular weight is 307 g/mol. The Bertz CT molecular complexity index is 889. The standard InChI is InChI=1S/C21H25NO/c1-13-10-11-17-16-8-6-7-9-18(16)23-20(17)19(13)22-15(3)14(2)12-21(22,4)5/h6-11,14-15H,12H2,1-5H3. The first-order valence-corrected chi connectivity index (χ1v) is 8.60. The Morgan fingerprint density at radius 2 is 1.78 bits per heavy atom. The van der Waals surface area contributed by atoms with Crippen molar-refractivity contribution in [1.82, 2.24) is 0 Å². The predicted molar refractivity (Wildman–Crippen MR) is 98.3 cm³/mol. The molecule has 1 fully saturated rings. The Morgan fingerprint density at radius 1 is 1.04 bits per heavy atom. The number of hydrogen-bond acceptors (Lipinski definition) is 2. The summed E-state index contributed by atoms with van der Waals surface area (Å²) in [6.07, 6.45) is 1.21. The van der Waals surface area contributed by atoms with Gasteiger partial charge in [0.1, 0.15) is 5.58 Å². The molecule has 0 amide bonds. The average Bonchev–Trinajstić information content (AvgIpc) is 2.96. The van der Waals surface area contributed by atoms with E-state index in [9.17, 15) is 0 Å². The van der Waals surface area contributed by atoms with Gasteiger partial charge in [-0.1, -0.05) is 37.3 Å². The zero-order valence-electron chi connectivity index (χ0n) is 14.7. The second-order valence-electron chi connectivity index (χ2n) is 7.81. The molecule has 1 aliphatic rings. The maximum absolute atomic E-state index is 6.31. The Hall–Kier alpha value is -1.96. The van der Waals surface area contributed by atoms with Gasteiger partial charge in [0.2, 0.25) is 0 Å². The van der Waals surface area contributed by atoms with E-state index in [4.69, 9.17) is 4.42 Å². The lowest BCUT2D eigenvalue weighted by atomic mass is 9.96. The molecule has 2 aromatic carbocycles. The smallest absolute Gasteiger partial charge is 0.158 e. The highest BCUT2D eigenvalue weighted by Gasteiger charge is 2.43. The van der Waals surface area contributed by atoms with Gasteiger partial charge in [0, 0.05) is 22.4 Å². The molecular formula is C21H25NO. The molecule has 1 aliphatic heterocycles. The van der Waals surface area contributed by atoms with E-state index in [1.807, 2.05) is 6.07 Å². The first kappa shape index (κ1) is 14.6. The maximum atomic E-state index is 6.31. The summed E-state index contributed by atoms with van der Waals surface area (Å²) >= 11 is 0. The van der Waals surface area contributed by atoms with Gasteiger partial charge >= 0.3 is 0 Å². The topological polar surface area (TPSA) is 16.4 Å². The van der Waals surface area contributed by atoms with E-state index in [-0.39, 0.29) is 5.54 Å². The molecule has 120 valence electrons. The van der Waals surface area contributed by atoms with Crippen LogP contribution in [0.2, 0.25) is 0 Å². The maximum Gasteiger partial charge on any atom is 0.158 e. The summed E-state index contributed by atoms with van der Waals surface area (Å²) < 4.78 is 6.31. The third-order valence-corrected chi connectivity index (χ3v) is 5.67. The number of anilines is 1. The SMILES string of the molecule is Cc1ccc2c(oc3ccccc32)c1N1C(C)C(C)CC1(C)C. The molecule has 23 heavy (non-hydrogen) atoms. The molecule has 2 nitrogen and oxygen atoms in total. The molecule has 2 unspecified atom stereocenters. The van der Waals surface area contributed by atoms with Crippen molar-refractivity contribution in [2.45, 2.75) is 52.6 Å². The summed E-state index contributed by atoms with van der Waals surface area (Å²) in [6, 6.07) is 13.3. The van der Waals surface area contributed by atoms with Gasteiger partial charge in [0.05, 0.1) is 5.69 Å². The van der Waals surface area contributed by atoms with Crippen molar-refractivity contribution in [1.29, 1.82) is 0 Å². The van der Waals surface area contributed by atoms with Gasteiger partial charge in [-0.05, 0) is 51.7 Å². The van der Waals surface area contributed by atoms with Crippen molar-refractivity contribution in [3.05, 3.63) is 42.0 Å². The highest BCUT2D eigenvalue weighted by atomic mass is 16.3. The van der Waals surface area contributed by atoms with Crippen LogP contribution in [0, 0.1) is 12.8 Å². The van der Waals surface area contributed by atoms with Gasteiger partial charge in [-0.25, -0.2) is 0 Å². The summed E-state index contributed by atoms with van der Waals surface area (Å²) in [5, 5.41) is 2.44. The first-order valence-electron chi connectivity index (χ1n) is 8.60. The van der Waals surface area contributed by atoms with Crippen molar-refractivity contribution in [2.24, 2.45) is 5.92 Å². The van der Waals surface area contributed by atoms with E-state index in [2.05, 4.69) is 69.9 Å². The zero-order valence-corrected chi connectivity index (χ0v) is 14.7. The van der Waals surface area contributed by atoms with Crippen LogP contribution in [-0.4, -0.2) is 11.6 Å². The number of rotatable bonds is 1. The molecule has 0 aliphatic carbocycles. The number of hydrogen-bond donors (Lipinski definition) is 0. The van der Waals surface area contributed by atoms with Crippen LogP contribution >= 0.6 is 0 Å². The molecule has 3 aromatic rings. The summed E-state index contributed by atoms with van der Waals surface area (Å²) in [5.41, 5.74) is 4.75. The quantitative estimate of drug-likeness (QED) is 0.556. The van der Waals surface area contributed by atoms with Crippen molar-refractivity contribution < 1.29 is 4.42 Å². The fourth-order valence-electron chi connectivity index (χ4n) is 4.54. The normalized spacial score (nSPS) is 24.0. The fraction of sp³-hybridized carbons (Fsp3) is 0.429. The van der Waals surface area contributed by atoms with E-state index in [1.54, 1.807) is 0 Å². The van der Waals surface area contributed by atoms with Crippen LogP contribution in [0.25, 0.3) is 21.9 Å². The second-order valence-corrected chi connectivity index (χ2v) is 7.81. The molecule has 1 aromatic heterocycles. The minimum Gasteiger partial charge on any atom is -0.454 e. The third-order valence-electron chi connectivity index (χ3n) is 5.67. The summed E-state index contributed by atoms with van der Waals surface area (Å²) in [5.74, 6) is 0.684. The van der Waals surface area contributed by atoms with Crippen LogP contribution in [0.1, 0.15) is 39.7 Å². The highest BCUT2D eigenvalue weighted by molar-refractivity contribution is 6.09. The van der Waals surface area contributed by atoms with E-state index in [0.29, 0.717) is 12.0 Å². The van der Waals surface area contributed by atoms with Crippen molar-refractivity contribution in [2.75, 3.05) is 4.90 Å². The fourth-order valence-corrected chi connectivity index (χ4v) is 4.54. The summed E-state index contributed by atoms with van der Waals surface area (Å²) in [4.78, 5) is 2.59. The van der Waals surface area contributed by atoms with Gasteiger partial charge in [0.15, 0.2) is 5.58 Å². The molecule has 0 N–H and O–H groups in total. The number of para-hydroxylation sites is 1. The number of fused-ring (bicyclic) bond motifs is 3. The molecule has 4 rings (SSSR count). The zero-order chi connectivity index (χ0) is 16.4. The van der Waals surface area contributed by atoms with Crippen LogP contribution in [0.3, 0.4) is 0 Å². The van der Waals surface area contributed by atoms with Gasteiger partial charge in [-0.15, -0.1) is 0 Å². The van der Waals surface area contributed by atoms with Crippen LogP contribution in [0.15, 0.2) is 40.8 Å². The van der Waals surface area contributed by atoms with E-state index in [1.165, 1.54) is 28.4 Å². The molecular weight excluding hydrogens is 282 g/mol. The van der Waals surface area contributed by atoms with Crippen molar-refractivity contribution >= 4 is 27.6 Å². The molecule has 1 saturated heterocycles. The van der Waals surface area contributed by atoms with Gasteiger partial charge in [-0.2, -0.15) is 0 Å².